The molecule has 0 spiro atoms. The van der Waals surface area contributed by atoms with E-state index >= 15 is 0 Å². The van der Waals surface area contributed by atoms with E-state index in [9.17, 15) is 0 Å². The van der Waals surface area contributed by atoms with Crippen molar-refractivity contribution in [2.24, 2.45) is 0 Å². The van der Waals surface area contributed by atoms with E-state index in [0.29, 0.717) is 0 Å². The molecular formula is C11H15NO2. The fraction of sp³-hybridized carbons (Fsp3) is 0.455. The van der Waals surface area contributed by atoms with Crippen molar-refractivity contribution in [2.45, 2.75) is 19.3 Å². The van der Waals surface area contributed by atoms with Gasteiger partial charge in [0.15, 0.2) is 0 Å². The molecule has 3 heteroatoms. The van der Waals surface area contributed by atoms with Gasteiger partial charge in [0.1, 0.15) is 11.5 Å². The van der Waals surface area contributed by atoms with Gasteiger partial charge in [-0.3, -0.25) is 0 Å². The summed E-state index contributed by atoms with van der Waals surface area (Å²) in [6, 6.07) is 6.84. The van der Waals surface area contributed by atoms with Crippen molar-refractivity contribution >= 4 is 0 Å². The van der Waals surface area contributed by atoms with Crippen LogP contribution in [-0.2, 0) is 0 Å². The summed E-state index contributed by atoms with van der Waals surface area (Å²) in [7, 11) is 0. The fourth-order valence-electron chi connectivity index (χ4n) is 1.61. The first kappa shape index (κ1) is 9.34. The van der Waals surface area contributed by atoms with Gasteiger partial charge in [0, 0.05) is 13.1 Å². The minimum atomic E-state index is 0.274. The van der Waals surface area contributed by atoms with E-state index in [1.807, 2.05) is 5.06 Å². The zero-order valence-electron chi connectivity index (χ0n) is 8.15. The lowest BCUT2D eigenvalue weighted by Gasteiger charge is -2.25. The summed E-state index contributed by atoms with van der Waals surface area (Å²) in [5.41, 5.74) is 0. The van der Waals surface area contributed by atoms with Crippen molar-refractivity contribution in [1.29, 1.82) is 0 Å². The highest BCUT2D eigenvalue weighted by Crippen LogP contribution is 2.18. The number of hydrogen-bond donors (Lipinski definition) is 1. The van der Waals surface area contributed by atoms with Gasteiger partial charge in [0.25, 0.3) is 0 Å². The van der Waals surface area contributed by atoms with Gasteiger partial charge in [-0.15, -0.1) is 5.06 Å². The summed E-state index contributed by atoms with van der Waals surface area (Å²) in [4.78, 5) is 5.63. The maximum Gasteiger partial charge on any atom is 0.147 e. The molecule has 1 aliphatic heterocycles. The molecule has 1 aromatic carbocycles. The molecule has 2 rings (SSSR count). The number of piperidine rings is 1. The maximum absolute atomic E-state index is 9.09. The number of hydroxylamine groups is 2. The number of hydrogen-bond acceptors (Lipinski definition) is 3. The van der Waals surface area contributed by atoms with Gasteiger partial charge >= 0.3 is 0 Å². The second-order valence-corrected chi connectivity index (χ2v) is 3.57. The molecule has 1 fully saturated rings. The standard InChI is InChI=1S/C11H15NO2/c13-10-4-6-11(7-5-10)14-12-8-2-1-3-9-12/h4-7,13H,1-3,8-9H2. The van der Waals surface area contributed by atoms with E-state index in [2.05, 4.69) is 0 Å². The molecule has 0 bridgehead atoms. The minimum Gasteiger partial charge on any atom is -0.508 e. The van der Waals surface area contributed by atoms with Crippen LogP contribution >= 0.6 is 0 Å². The summed E-state index contributed by atoms with van der Waals surface area (Å²) in [6.45, 7) is 2.00. The number of rotatable bonds is 2. The monoisotopic (exact) mass is 193 g/mol. The van der Waals surface area contributed by atoms with Gasteiger partial charge in [-0.1, -0.05) is 6.42 Å². The van der Waals surface area contributed by atoms with Gasteiger partial charge < -0.3 is 9.94 Å². The first-order valence-electron chi connectivity index (χ1n) is 5.06. The lowest BCUT2D eigenvalue weighted by molar-refractivity contribution is -0.0720. The zero-order valence-corrected chi connectivity index (χ0v) is 8.15. The van der Waals surface area contributed by atoms with Crippen molar-refractivity contribution in [3.05, 3.63) is 24.3 Å². The molecular weight excluding hydrogens is 178 g/mol. The van der Waals surface area contributed by atoms with Gasteiger partial charge in [-0.25, -0.2) is 0 Å². The molecule has 0 unspecified atom stereocenters. The number of nitrogens with zero attached hydrogens (tertiary/aromatic N) is 1. The number of aromatic hydroxyl groups is 1. The van der Waals surface area contributed by atoms with E-state index in [1.54, 1.807) is 24.3 Å². The Hall–Kier alpha value is -1.22. The summed E-state index contributed by atoms with van der Waals surface area (Å²) < 4.78 is 0. The molecule has 0 saturated carbocycles. The third-order valence-electron chi connectivity index (χ3n) is 2.39. The molecule has 1 saturated heterocycles. The Morgan fingerprint density at radius 3 is 2.29 bits per heavy atom. The van der Waals surface area contributed by atoms with E-state index in [0.717, 1.165) is 18.8 Å². The van der Waals surface area contributed by atoms with E-state index in [-0.39, 0.29) is 5.75 Å². The Labute approximate surface area is 83.9 Å². The highest BCUT2D eigenvalue weighted by atomic mass is 16.7. The van der Waals surface area contributed by atoms with E-state index in [1.165, 1.54) is 19.3 Å². The van der Waals surface area contributed by atoms with Crippen LogP contribution in [-0.4, -0.2) is 23.3 Å². The largest absolute Gasteiger partial charge is 0.508 e. The highest BCUT2D eigenvalue weighted by Gasteiger charge is 2.11. The SMILES string of the molecule is Oc1ccc(ON2CCCCC2)cc1. The van der Waals surface area contributed by atoms with Crippen molar-refractivity contribution in [3.63, 3.8) is 0 Å². The first-order chi connectivity index (χ1) is 6.84. The average molecular weight is 193 g/mol. The van der Waals surface area contributed by atoms with Crippen molar-refractivity contribution in [1.82, 2.24) is 5.06 Å². The van der Waals surface area contributed by atoms with Crippen LogP contribution in [0.5, 0.6) is 11.5 Å². The molecule has 1 N–H and O–H groups in total. The van der Waals surface area contributed by atoms with E-state index in [4.69, 9.17) is 9.94 Å². The second kappa shape index (κ2) is 4.33. The molecule has 76 valence electrons. The van der Waals surface area contributed by atoms with Crippen molar-refractivity contribution in [2.75, 3.05) is 13.1 Å². The third kappa shape index (κ3) is 2.39. The zero-order chi connectivity index (χ0) is 9.80. The molecule has 0 radical (unpaired) electrons. The van der Waals surface area contributed by atoms with Crippen LogP contribution < -0.4 is 4.84 Å². The first-order valence-corrected chi connectivity index (χ1v) is 5.06. The minimum absolute atomic E-state index is 0.274. The predicted octanol–water partition coefficient (Wildman–Crippen LogP) is 2.17. The highest BCUT2D eigenvalue weighted by molar-refractivity contribution is 5.29. The maximum atomic E-state index is 9.09. The van der Waals surface area contributed by atoms with Crippen LogP contribution in [0, 0.1) is 0 Å². The van der Waals surface area contributed by atoms with Crippen LogP contribution in [0.4, 0.5) is 0 Å². The van der Waals surface area contributed by atoms with Crippen molar-refractivity contribution in [3.8, 4) is 11.5 Å². The van der Waals surface area contributed by atoms with Gasteiger partial charge in [0.05, 0.1) is 0 Å². The summed E-state index contributed by atoms with van der Waals surface area (Å²) in [6.07, 6.45) is 3.71. The molecule has 3 nitrogen and oxygen atoms in total. The topological polar surface area (TPSA) is 32.7 Å². The number of phenolic OH excluding ortho intramolecular Hbond substituents is 1. The Morgan fingerprint density at radius 1 is 1.00 bits per heavy atom. The normalized spacial score (nSPS) is 18.0. The molecule has 0 aliphatic carbocycles. The fourth-order valence-corrected chi connectivity index (χ4v) is 1.61. The average Bonchev–Trinajstić information content (AvgIpc) is 2.23. The summed E-state index contributed by atoms with van der Waals surface area (Å²) in [5, 5.41) is 11.1. The molecule has 0 amide bonds. The smallest absolute Gasteiger partial charge is 0.147 e. The molecule has 0 atom stereocenters. The van der Waals surface area contributed by atoms with Crippen molar-refractivity contribution < 1.29 is 9.94 Å². The Bertz CT molecular complexity index is 278. The van der Waals surface area contributed by atoms with Crippen LogP contribution in [0.25, 0.3) is 0 Å². The predicted molar refractivity (Wildman–Crippen MR) is 54.2 cm³/mol. The Kier molecular flexibility index (Phi) is 2.89. The number of phenols is 1. The van der Waals surface area contributed by atoms with Gasteiger partial charge in [-0.2, -0.15) is 0 Å². The lowest BCUT2D eigenvalue weighted by atomic mass is 10.2. The quantitative estimate of drug-likeness (QED) is 0.781. The van der Waals surface area contributed by atoms with E-state index < -0.39 is 0 Å². The molecule has 1 aliphatic rings. The Morgan fingerprint density at radius 2 is 1.64 bits per heavy atom. The lowest BCUT2D eigenvalue weighted by Crippen LogP contribution is -2.32. The summed E-state index contributed by atoms with van der Waals surface area (Å²) >= 11 is 0. The Balaban J connectivity index is 1.92. The van der Waals surface area contributed by atoms with Crippen LogP contribution in [0.15, 0.2) is 24.3 Å². The molecule has 0 aromatic heterocycles. The van der Waals surface area contributed by atoms with Gasteiger partial charge in [-0.05, 0) is 37.1 Å². The second-order valence-electron chi connectivity index (χ2n) is 3.57. The number of benzene rings is 1. The molecule has 1 heterocycles. The third-order valence-corrected chi connectivity index (χ3v) is 2.39. The van der Waals surface area contributed by atoms with Crippen LogP contribution in [0.2, 0.25) is 0 Å². The van der Waals surface area contributed by atoms with Crippen LogP contribution in [0.1, 0.15) is 19.3 Å². The summed E-state index contributed by atoms with van der Waals surface area (Å²) in [5.74, 6) is 1.07. The van der Waals surface area contributed by atoms with Crippen LogP contribution in [0.3, 0.4) is 0 Å². The van der Waals surface area contributed by atoms with Gasteiger partial charge in [0.2, 0.25) is 0 Å². The molecule has 14 heavy (non-hydrogen) atoms. The molecule has 1 aromatic rings.